The van der Waals surface area contributed by atoms with Gasteiger partial charge >= 0.3 is 0 Å². The summed E-state index contributed by atoms with van der Waals surface area (Å²) in [6.45, 7) is 4.01. The van der Waals surface area contributed by atoms with Crippen molar-refractivity contribution in [2.45, 2.75) is 24.1 Å². The molecular weight excluding hydrogens is 442 g/mol. The highest BCUT2D eigenvalue weighted by Gasteiger charge is 2.25. The molecule has 7 heteroatoms. The molecule has 168 valence electrons. The fraction of sp³-hybridized carbons (Fsp3) is 0.111. The SMILES string of the molecule is Cc1ccc(C)c(NC(=O)C(Sc2ncnc3c2cnn3-c2ccccc2)c2ccccc2)c1. The first-order valence-corrected chi connectivity index (χ1v) is 11.8. The minimum atomic E-state index is -0.501. The molecule has 34 heavy (non-hydrogen) atoms. The fourth-order valence-electron chi connectivity index (χ4n) is 3.76. The maximum atomic E-state index is 13.5. The monoisotopic (exact) mass is 465 g/mol. The highest BCUT2D eigenvalue weighted by atomic mass is 32.2. The van der Waals surface area contributed by atoms with Gasteiger partial charge in [-0.25, -0.2) is 14.6 Å². The van der Waals surface area contributed by atoms with Crippen LogP contribution in [0.5, 0.6) is 0 Å². The zero-order valence-electron chi connectivity index (χ0n) is 18.8. The molecule has 1 unspecified atom stereocenters. The Labute approximate surface area is 202 Å². The zero-order chi connectivity index (χ0) is 23.5. The lowest BCUT2D eigenvalue weighted by Crippen LogP contribution is -2.19. The number of carbonyl (C=O) groups is 1. The van der Waals surface area contributed by atoms with Crippen LogP contribution < -0.4 is 5.32 Å². The number of amides is 1. The molecule has 0 radical (unpaired) electrons. The van der Waals surface area contributed by atoms with Crippen molar-refractivity contribution in [1.29, 1.82) is 0 Å². The molecule has 5 aromatic rings. The van der Waals surface area contributed by atoms with Crippen molar-refractivity contribution >= 4 is 34.4 Å². The molecule has 0 aliphatic rings. The van der Waals surface area contributed by atoms with E-state index in [1.807, 2.05) is 92.7 Å². The average Bonchev–Trinajstić information content (AvgIpc) is 3.31. The molecule has 1 N–H and O–H groups in total. The lowest BCUT2D eigenvalue weighted by atomic mass is 10.1. The number of nitrogens with one attached hydrogen (secondary N) is 1. The number of anilines is 1. The number of hydrogen-bond donors (Lipinski definition) is 1. The minimum Gasteiger partial charge on any atom is -0.325 e. The summed E-state index contributed by atoms with van der Waals surface area (Å²) in [5.74, 6) is -0.105. The van der Waals surface area contributed by atoms with Crippen LogP contribution in [0.3, 0.4) is 0 Å². The van der Waals surface area contributed by atoms with Crippen LogP contribution in [-0.2, 0) is 4.79 Å². The predicted molar refractivity (Wildman–Crippen MR) is 136 cm³/mol. The summed E-state index contributed by atoms with van der Waals surface area (Å²) in [5, 5.41) is 8.67. The summed E-state index contributed by atoms with van der Waals surface area (Å²) in [6.07, 6.45) is 3.28. The highest BCUT2D eigenvalue weighted by molar-refractivity contribution is 8.00. The maximum Gasteiger partial charge on any atom is 0.242 e. The van der Waals surface area contributed by atoms with Gasteiger partial charge in [-0.3, -0.25) is 4.79 Å². The van der Waals surface area contributed by atoms with E-state index in [1.54, 1.807) is 10.9 Å². The van der Waals surface area contributed by atoms with Gasteiger partial charge in [-0.15, -0.1) is 0 Å². The van der Waals surface area contributed by atoms with Crippen LogP contribution in [0.4, 0.5) is 5.69 Å². The van der Waals surface area contributed by atoms with Gasteiger partial charge in [0.05, 0.1) is 17.3 Å². The molecule has 3 aromatic carbocycles. The second kappa shape index (κ2) is 9.49. The second-order valence-electron chi connectivity index (χ2n) is 8.02. The molecule has 0 saturated carbocycles. The van der Waals surface area contributed by atoms with Crippen molar-refractivity contribution in [1.82, 2.24) is 19.7 Å². The number of rotatable bonds is 6. The number of aromatic nitrogens is 4. The Morgan fingerprint density at radius 3 is 2.44 bits per heavy atom. The van der Waals surface area contributed by atoms with E-state index in [4.69, 9.17) is 0 Å². The lowest BCUT2D eigenvalue weighted by molar-refractivity contribution is -0.115. The maximum absolute atomic E-state index is 13.5. The summed E-state index contributed by atoms with van der Waals surface area (Å²) in [6, 6.07) is 25.6. The Kier molecular flexibility index (Phi) is 6.10. The van der Waals surface area contributed by atoms with Gasteiger partial charge in [0, 0.05) is 5.69 Å². The molecule has 0 fully saturated rings. The van der Waals surface area contributed by atoms with Gasteiger partial charge in [0.15, 0.2) is 5.65 Å². The van der Waals surface area contributed by atoms with E-state index < -0.39 is 5.25 Å². The fourth-order valence-corrected chi connectivity index (χ4v) is 4.82. The van der Waals surface area contributed by atoms with Gasteiger partial charge in [-0.05, 0) is 48.7 Å². The first-order chi connectivity index (χ1) is 16.6. The summed E-state index contributed by atoms with van der Waals surface area (Å²) >= 11 is 1.40. The van der Waals surface area contributed by atoms with Crippen molar-refractivity contribution in [2.75, 3.05) is 5.32 Å². The topological polar surface area (TPSA) is 72.7 Å². The Morgan fingerprint density at radius 1 is 0.941 bits per heavy atom. The largest absolute Gasteiger partial charge is 0.325 e. The normalized spacial score (nSPS) is 11.9. The van der Waals surface area contributed by atoms with Crippen LogP contribution in [0.2, 0.25) is 0 Å². The highest BCUT2D eigenvalue weighted by Crippen LogP contribution is 2.38. The van der Waals surface area contributed by atoms with E-state index in [9.17, 15) is 4.79 Å². The quantitative estimate of drug-likeness (QED) is 0.249. The van der Waals surface area contributed by atoms with Crippen LogP contribution in [0.15, 0.2) is 96.4 Å². The van der Waals surface area contributed by atoms with E-state index in [0.29, 0.717) is 10.7 Å². The van der Waals surface area contributed by atoms with Gasteiger partial charge in [-0.1, -0.05) is 72.4 Å². The molecule has 0 aliphatic carbocycles. The number of nitrogens with zero attached hydrogens (tertiary/aromatic N) is 4. The summed E-state index contributed by atoms with van der Waals surface area (Å²) < 4.78 is 1.79. The molecule has 5 rings (SSSR count). The molecule has 6 nitrogen and oxygen atoms in total. The van der Waals surface area contributed by atoms with E-state index in [0.717, 1.165) is 33.5 Å². The molecule has 0 aliphatic heterocycles. The summed E-state index contributed by atoms with van der Waals surface area (Å²) in [4.78, 5) is 22.5. The lowest BCUT2D eigenvalue weighted by Gasteiger charge is -2.18. The van der Waals surface area contributed by atoms with Crippen LogP contribution in [0.1, 0.15) is 21.9 Å². The minimum absolute atomic E-state index is 0.105. The standard InChI is InChI=1S/C27H23N5OS/c1-18-13-14-19(2)23(15-18)31-26(33)24(20-9-5-3-6-10-20)34-27-22-16-30-32(25(22)28-17-29-27)21-11-7-4-8-12-21/h3-17,24H,1-2H3,(H,31,33). The molecule has 2 aromatic heterocycles. The number of hydrogen-bond acceptors (Lipinski definition) is 5. The number of fused-ring (bicyclic) bond motifs is 1. The molecule has 0 bridgehead atoms. The summed E-state index contributed by atoms with van der Waals surface area (Å²) in [7, 11) is 0. The molecule has 1 atom stereocenters. The van der Waals surface area contributed by atoms with E-state index in [1.165, 1.54) is 18.1 Å². The van der Waals surface area contributed by atoms with Crippen molar-refractivity contribution in [3.8, 4) is 5.69 Å². The Hall–Kier alpha value is -3.97. The van der Waals surface area contributed by atoms with Crippen molar-refractivity contribution in [3.05, 3.63) is 108 Å². The van der Waals surface area contributed by atoms with Crippen molar-refractivity contribution in [3.63, 3.8) is 0 Å². The third-order valence-electron chi connectivity index (χ3n) is 5.55. The van der Waals surface area contributed by atoms with Gasteiger partial charge in [0.25, 0.3) is 0 Å². The van der Waals surface area contributed by atoms with Gasteiger partial charge in [0.1, 0.15) is 16.6 Å². The first-order valence-electron chi connectivity index (χ1n) is 10.9. The average molecular weight is 466 g/mol. The third-order valence-corrected chi connectivity index (χ3v) is 6.82. The molecule has 1 amide bonds. The van der Waals surface area contributed by atoms with Crippen LogP contribution in [0, 0.1) is 13.8 Å². The zero-order valence-corrected chi connectivity index (χ0v) is 19.7. The van der Waals surface area contributed by atoms with Crippen molar-refractivity contribution < 1.29 is 4.79 Å². The Bertz CT molecular complexity index is 1450. The smallest absolute Gasteiger partial charge is 0.242 e. The van der Waals surface area contributed by atoms with Crippen LogP contribution >= 0.6 is 11.8 Å². The first kappa shape index (κ1) is 21.9. The molecular formula is C27H23N5OS. The van der Waals surface area contributed by atoms with Crippen molar-refractivity contribution in [2.24, 2.45) is 0 Å². The van der Waals surface area contributed by atoms with Crippen LogP contribution in [-0.4, -0.2) is 25.7 Å². The summed E-state index contributed by atoms with van der Waals surface area (Å²) in [5.41, 5.74) is 5.44. The number of benzene rings is 3. The van der Waals surface area contributed by atoms with Gasteiger partial charge in [0.2, 0.25) is 5.91 Å². The van der Waals surface area contributed by atoms with E-state index >= 15 is 0 Å². The molecule has 0 spiro atoms. The van der Waals surface area contributed by atoms with Gasteiger partial charge < -0.3 is 5.32 Å². The van der Waals surface area contributed by atoms with Gasteiger partial charge in [-0.2, -0.15) is 5.10 Å². The molecule has 0 saturated heterocycles. The number of para-hydroxylation sites is 1. The number of carbonyl (C=O) groups excluding carboxylic acids is 1. The Balaban J connectivity index is 1.52. The van der Waals surface area contributed by atoms with E-state index in [-0.39, 0.29) is 5.91 Å². The third kappa shape index (κ3) is 4.43. The molecule has 2 heterocycles. The predicted octanol–water partition coefficient (Wildman–Crippen LogP) is 5.90. The second-order valence-corrected chi connectivity index (χ2v) is 9.12. The Morgan fingerprint density at radius 2 is 1.68 bits per heavy atom. The number of aryl methyl sites for hydroxylation is 2. The number of thioether (sulfide) groups is 1. The van der Waals surface area contributed by atoms with Crippen LogP contribution in [0.25, 0.3) is 16.7 Å². The van der Waals surface area contributed by atoms with E-state index in [2.05, 4.69) is 20.4 Å².